The van der Waals surface area contributed by atoms with Crippen molar-refractivity contribution < 1.29 is 0 Å². The number of nitrogens with zero attached hydrogens (tertiary/aromatic N) is 3. The molecule has 0 fully saturated rings. The average molecular weight is 275 g/mol. The fourth-order valence-electron chi connectivity index (χ4n) is 1.96. The normalized spacial score (nSPS) is 11.1. The van der Waals surface area contributed by atoms with E-state index in [0.29, 0.717) is 28.3 Å². The van der Waals surface area contributed by atoms with Crippen molar-refractivity contribution in [1.29, 1.82) is 0 Å². The number of hydrogen-bond donors (Lipinski definition) is 1. The lowest BCUT2D eigenvalue weighted by Crippen LogP contribution is -2.12. The molecule has 0 saturated carbocycles. The van der Waals surface area contributed by atoms with E-state index in [1.54, 1.807) is 11.7 Å². The predicted octanol–water partition coefficient (Wildman–Crippen LogP) is 1.90. The van der Waals surface area contributed by atoms with Crippen LogP contribution in [-0.2, 0) is 13.5 Å². The maximum absolute atomic E-state index is 11.9. The van der Waals surface area contributed by atoms with Gasteiger partial charge in [0.15, 0.2) is 5.65 Å². The largest absolute Gasteiger partial charge is 0.310 e. The van der Waals surface area contributed by atoms with E-state index in [0.717, 1.165) is 5.56 Å². The second-order valence-electron chi connectivity index (χ2n) is 4.32. The minimum atomic E-state index is -0.165. The summed E-state index contributed by atoms with van der Waals surface area (Å²) in [6, 6.07) is 7.46. The molecule has 0 saturated heterocycles. The molecule has 2 heterocycles. The van der Waals surface area contributed by atoms with E-state index in [1.165, 1.54) is 6.20 Å². The van der Waals surface area contributed by atoms with Gasteiger partial charge < -0.3 is 4.98 Å². The van der Waals surface area contributed by atoms with Crippen molar-refractivity contribution in [1.82, 2.24) is 19.7 Å². The molecule has 0 bridgehead atoms. The molecule has 19 heavy (non-hydrogen) atoms. The molecule has 0 spiro atoms. The lowest BCUT2D eigenvalue weighted by molar-refractivity contribution is 0.780. The van der Waals surface area contributed by atoms with Crippen molar-refractivity contribution in [3.05, 3.63) is 57.2 Å². The molecule has 0 aliphatic rings. The molecule has 0 unspecified atom stereocenters. The van der Waals surface area contributed by atoms with Gasteiger partial charge in [-0.1, -0.05) is 23.7 Å². The van der Waals surface area contributed by atoms with Crippen LogP contribution in [0.5, 0.6) is 0 Å². The van der Waals surface area contributed by atoms with Crippen LogP contribution in [0.3, 0.4) is 0 Å². The van der Waals surface area contributed by atoms with Gasteiger partial charge in [-0.25, -0.2) is 4.98 Å². The molecule has 6 heteroatoms. The van der Waals surface area contributed by atoms with Gasteiger partial charge in [0.1, 0.15) is 11.2 Å². The minimum absolute atomic E-state index is 0.165. The SMILES string of the molecule is Cn1ncc2c(=O)[nH]c(Cc3ccc(Cl)cc3)nc21. The molecular weight excluding hydrogens is 264 g/mol. The third-order valence-electron chi connectivity index (χ3n) is 2.94. The van der Waals surface area contributed by atoms with E-state index in [2.05, 4.69) is 15.1 Å². The molecule has 0 aliphatic heterocycles. The fourth-order valence-corrected chi connectivity index (χ4v) is 2.08. The van der Waals surface area contributed by atoms with Crippen molar-refractivity contribution in [2.24, 2.45) is 7.05 Å². The van der Waals surface area contributed by atoms with Crippen LogP contribution >= 0.6 is 11.6 Å². The molecule has 3 rings (SSSR count). The Bertz CT molecular complexity index is 789. The van der Waals surface area contributed by atoms with E-state index >= 15 is 0 Å². The molecule has 0 amide bonds. The van der Waals surface area contributed by atoms with E-state index < -0.39 is 0 Å². The minimum Gasteiger partial charge on any atom is -0.310 e. The van der Waals surface area contributed by atoms with Crippen LogP contribution in [-0.4, -0.2) is 19.7 Å². The zero-order chi connectivity index (χ0) is 13.4. The Kier molecular flexibility index (Phi) is 2.83. The summed E-state index contributed by atoms with van der Waals surface area (Å²) in [6.07, 6.45) is 2.07. The smallest absolute Gasteiger partial charge is 0.262 e. The highest BCUT2D eigenvalue weighted by Gasteiger charge is 2.08. The summed E-state index contributed by atoms with van der Waals surface area (Å²) in [5.74, 6) is 0.614. The second-order valence-corrected chi connectivity index (χ2v) is 4.76. The molecule has 3 aromatic rings. The molecular formula is C13H11ClN4O. The third-order valence-corrected chi connectivity index (χ3v) is 3.19. The number of nitrogens with one attached hydrogen (secondary N) is 1. The highest BCUT2D eigenvalue weighted by molar-refractivity contribution is 6.30. The van der Waals surface area contributed by atoms with Crippen molar-refractivity contribution in [2.45, 2.75) is 6.42 Å². The Hall–Kier alpha value is -2.14. The molecule has 1 N–H and O–H groups in total. The summed E-state index contributed by atoms with van der Waals surface area (Å²) < 4.78 is 1.59. The summed E-state index contributed by atoms with van der Waals surface area (Å²) in [6.45, 7) is 0. The van der Waals surface area contributed by atoms with Crippen LogP contribution in [0.4, 0.5) is 0 Å². The standard InChI is InChI=1S/C13H11ClN4O/c1-18-12-10(7-15-18)13(19)17-11(16-12)6-8-2-4-9(14)5-3-8/h2-5,7H,6H2,1H3,(H,16,17,19). The predicted molar refractivity (Wildman–Crippen MR) is 73.4 cm³/mol. The first-order valence-corrected chi connectivity index (χ1v) is 6.16. The first-order valence-electron chi connectivity index (χ1n) is 5.79. The van der Waals surface area contributed by atoms with Gasteiger partial charge in [0.05, 0.1) is 6.20 Å². The Balaban J connectivity index is 2.03. The highest BCUT2D eigenvalue weighted by atomic mass is 35.5. The fraction of sp³-hybridized carbons (Fsp3) is 0.154. The van der Waals surface area contributed by atoms with E-state index in [1.807, 2.05) is 24.3 Å². The molecule has 2 aromatic heterocycles. The number of H-pyrrole nitrogens is 1. The van der Waals surface area contributed by atoms with Crippen LogP contribution in [0.15, 0.2) is 35.3 Å². The molecule has 0 atom stereocenters. The van der Waals surface area contributed by atoms with Crippen molar-refractivity contribution in [3.8, 4) is 0 Å². The number of aromatic nitrogens is 4. The lowest BCUT2D eigenvalue weighted by atomic mass is 10.1. The summed E-state index contributed by atoms with van der Waals surface area (Å²) >= 11 is 5.84. The molecule has 96 valence electrons. The lowest BCUT2D eigenvalue weighted by Gasteiger charge is -2.02. The molecule has 1 aromatic carbocycles. The molecule has 0 aliphatic carbocycles. The maximum Gasteiger partial charge on any atom is 0.262 e. The number of rotatable bonds is 2. The van der Waals surface area contributed by atoms with Crippen LogP contribution in [0.25, 0.3) is 11.0 Å². The van der Waals surface area contributed by atoms with Crippen molar-refractivity contribution in [2.75, 3.05) is 0 Å². The summed E-state index contributed by atoms with van der Waals surface area (Å²) in [7, 11) is 1.76. The second kappa shape index (κ2) is 4.51. The van der Waals surface area contributed by atoms with Gasteiger partial charge in [-0.05, 0) is 17.7 Å². The van der Waals surface area contributed by atoms with Gasteiger partial charge in [-0.3, -0.25) is 9.48 Å². The van der Waals surface area contributed by atoms with E-state index in [-0.39, 0.29) is 5.56 Å². The Morgan fingerprint density at radius 3 is 2.79 bits per heavy atom. The first-order chi connectivity index (χ1) is 9.13. The van der Waals surface area contributed by atoms with Gasteiger partial charge in [-0.2, -0.15) is 5.10 Å². The maximum atomic E-state index is 11.9. The first kappa shape index (κ1) is 11.9. The Morgan fingerprint density at radius 2 is 2.05 bits per heavy atom. The van der Waals surface area contributed by atoms with Gasteiger partial charge in [0.25, 0.3) is 5.56 Å². The summed E-state index contributed by atoms with van der Waals surface area (Å²) in [4.78, 5) is 19.1. The monoisotopic (exact) mass is 274 g/mol. The van der Waals surface area contributed by atoms with Gasteiger partial charge >= 0.3 is 0 Å². The van der Waals surface area contributed by atoms with Gasteiger partial charge in [0.2, 0.25) is 0 Å². The zero-order valence-electron chi connectivity index (χ0n) is 10.2. The molecule has 0 radical (unpaired) electrons. The van der Waals surface area contributed by atoms with Gasteiger partial charge in [0, 0.05) is 18.5 Å². The summed E-state index contributed by atoms with van der Waals surface area (Å²) in [5.41, 5.74) is 1.46. The zero-order valence-corrected chi connectivity index (χ0v) is 11.0. The van der Waals surface area contributed by atoms with Crippen LogP contribution in [0.2, 0.25) is 5.02 Å². The van der Waals surface area contributed by atoms with E-state index in [9.17, 15) is 4.79 Å². The number of halogens is 1. The number of aromatic amines is 1. The average Bonchev–Trinajstić information content (AvgIpc) is 2.75. The van der Waals surface area contributed by atoms with Gasteiger partial charge in [-0.15, -0.1) is 0 Å². The quantitative estimate of drug-likeness (QED) is 0.776. The van der Waals surface area contributed by atoms with Crippen LogP contribution in [0, 0.1) is 0 Å². The van der Waals surface area contributed by atoms with Crippen molar-refractivity contribution >= 4 is 22.6 Å². The Labute approximate surface area is 113 Å². The summed E-state index contributed by atoms with van der Waals surface area (Å²) in [5, 5.41) is 5.22. The van der Waals surface area contributed by atoms with Crippen molar-refractivity contribution in [3.63, 3.8) is 0 Å². The third kappa shape index (κ3) is 2.24. The molecule has 5 nitrogen and oxygen atoms in total. The number of aryl methyl sites for hydroxylation is 1. The topological polar surface area (TPSA) is 63.6 Å². The van der Waals surface area contributed by atoms with Crippen LogP contribution in [0.1, 0.15) is 11.4 Å². The highest BCUT2D eigenvalue weighted by Crippen LogP contribution is 2.12. The number of hydrogen-bond acceptors (Lipinski definition) is 3. The van der Waals surface area contributed by atoms with Crippen LogP contribution < -0.4 is 5.56 Å². The Morgan fingerprint density at radius 1 is 1.32 bits per heavy atom. The number of benzene rings is 1. The van der Waals surface area contributed by atoms with E-state index in [4.69, 9.17) is 11.6 Å². The number of fused-ring (bicyclic) bond motifs is 1.